The first-order chi connectivity index (χ1) is 15.0. The fraction of sp³-hybridized carbons (Fsp3) is 0.240. The average Bonchev–Trinajstić information content (AvgIpc) is 2.78. The molecule has 1 saturated heterocycles. The van der Waals surface area contributed by atoms with Crippen molar-refractivity contribution in [3.05, 3.63) is 99.8 Å². The van der Waals surface area contributed by atoms with E-state index in [1.807, 2.05) is 24.3 Å². The molecule has 1 aliphatic rings. The fourth-order valence-electron chi connectivity index (χ4n) is 4.04. The van der Waals surface area contributed by atoms with Crippen LogP contribution < -0.4 is 4.90 Å². The molecule has 0 aromatic heterocycles. The summed E-state index contributed by atoms with van der Waals surface area (Å²) in [5.41, 5.74) is 2.44. The summed E-state index contributed by atoms with van der Waals surface area (Å²) >= 11 is 12.1. The summed E-state index contributed by atoms with van der Waals surface area (Å²) in [4.78, 5) is 17.6. The molecule has 0 aliphatic carbocycles. The van der Waals surface area contributed by atoms with Gasteiger partial charge in [0.2, 0.25) is 0 Å². The molecule has 3 aromatic rings. The highest BCUT2D eigenvalue weighted by Gasteiger charge is 2.30. The van der Waals surface area contributed by atoms with E-state index in [4.69, 9.17) is 23.2 Å². The Labute approximate surface area is 192 Å². The number of amides is 1. The van der Waals surface area contributed by atoms with E-state index in [1.165, 1.54) is 17.7 Å². The van der Waals surface area contributed by atoms with Crippen LogP contribution >= 0.6 is 23.2 Å². The van der Waals surface area contributed by atoms with Crippen LogP contribution in [0.3, 0.4) is 0 Å². The molecule has 0 bridgehead atoms. The van der Waals surface area contributed by atoms with Crippen molar-refractivity contribution >= 4 is 34.8 Å². The van der Waals surface area contributed by atoms with Crippen LogP contribution in [-0.4, -0.2) is 29.9 Å². The van der Waals surface area contributed by atoms with Crippen molar-refractivity contribution in [2.45, 2.75) is 25.4 Å². The van der Waals surface area contributed by atoms with Gasteiger partial charge in [-0.15, -0.1) is 0 Å². The number of carbonyl (C=O) groups excluding carboxylic acids is 1. The second kappa shape index (κ2) is 9.82. The Morgan fingerprint density at radius 3 is 2.26 bits per heavy atom. The number of carbonyl (C=O) groups is 1. The molecule has 3 nitrogen and oxygen atoms in total. The van der Waals surface area contributed by atoms with Crippen LogP contribution in [0.5, 0.6) is 0 Å². The van der Waals surface area contributed by atoms with Gasteiger partial charge in [0.25, 0.3) is 5.91 Å². The highest BCUT2D eigenvalue weighted by atomic mass is 35.5. The van der Waals surface area contributed by atoms with E-state index in [0.717, 1.165) is 37.5 Å². The molecular weight excluding hydrogens is 434 g/mol. The normalized spacial score (nSPS) is 15.1. The van der Waals surface area contributed by atoms with Gasteiger partial charge >= 0.3 is 0 Å². The lowest BCUT2D eigenvalue weighted by atomic mass is 10.00. The lowest BCUT2D eigenvalue weighted by Crippen LogP contribution is -2.47. The number of halogens is 3. The van der Waals surface area contributed by atoms with E-state index in [9.17, 15) is 9.18 Å². The molecule has 31 heavy (non-hydrogen) atoms. The highest BCUT2D eigenvalue weighted by molar-refractivity contribution is 6.31. The summed E-state index contributed by atoms with van der Waals surface area (Å²) in [6.45, 7) is 2.59. The maximum Gasteiger partial charge on any atom is 0.258 e. The quantitative estimate of drug-likeness (QED) is 0.440. The van der Waals surface area contributed by atoms with Crippen LogP contribution in [0.25, 0.3) is 0 Å². The molecule has 0 radical (unpaired) electrons. The Hall–Kier alpha value is -2.40. The molecule has 3 aromatic carbocycles. The van der Waals surface area contributed by atoms with Gasteiger partial charge in [-0.1, -0.05) is 41.4 Å². The average molecular weight is 457 g/mol. The molecule has 1 heterocycles. The molecule has 1 aliphatic heterocycles. The molecule has 1 amide bonds. The first kappa shape index (κ1) is 21.8. The van der Waals surface area contributed by atoms with Gasteiger partial charge in [-0.3, -0.25) is 9.69 Å². The number of hydrogen-bond donors (Lipinski definition) is 0. The molecule has 1 fully saturated rings. The fourth-order valence-corrected chi connectivity index (χ4v) is 4.36. The minimum atomic E-state index is -0.323. The van der Waals surface area contributed by atoms with E-state index in [1.54, 1.807) is 41.3 Å². The molecule has 0 spiro atoms. The van der Waals surface area contributed by atoms with Gasteiger partial charge in [0.05, 0.1) is 0 Å². The van der Waals surface area contributed by atoms with Crippen molar-refractivity contribution in [3.63, 3.8) is 0 Å². The highest BCUT2D eigenvalue weighted by Crippen LogP contribution is 2.27. The van der Waals surface area contributed by atoms with Gasteiger partial charge in [-0.2, -0.15) is 0 Å². The summed E-state index contributed by atoms with van der Waals surface area (Å²) in [7, 11) is 0. The lowest BCUT2D eigenvalue weighted by Gasteiger charge is -2.38. The number of piperidine rings is 1. The van der Waals surface area contributed by atoms with Crippen LogP contribution in [0.15, 0.2) is 72.8 Å². The second-order valence-corrected chi connectivity index (χ2v) is 8.67. The number of benzene rings is 3. The van der Waals surface area contributed by atoms with Gasteiger partial charge < -0.3 is 4.90 Å². The molecule has 0 saturated carbocycles. The Morgan fingerprint density at radius 1 is 0.935 bits per heavy atom. The van der Waals surface area contributed by atoms with Crippen molar-refractivity contribution in [2.75, 3.05) is 18.0 Å². The predicted molar refractivity (Wildman–Crippen MR) is 124 cm³/mol. The Kier molecular flexibility index (Phi) is 6.91. The summed E-state index contributed by atoms with van der Waals surface area (Å²) in [6, 6.07) is 21.0. The Morgan fingerprint density at radius 2 is 1.61 bits per heavy atom. The SMILES string of the molecule is O=C(c1cccc(Cl)c1)N(c1ccc(F)cc1)C1CCN(Cc2ccc(Cl)cc2)CC1. The minimum absolute atomic E-state index is 0.0263. The number of rotatable bonds is 5. The first-order valence-corrected chi connectivity index (χ1v) is 11.1. The van der Waals surface area contributed by atoms with Crippen LogP contribution in [0.1, 0.15) is 28.8 Å². The van der Waals surface area contributed by atoms with Gasteiger partial charge in [-0.25, -0.2) is 4.39 Å². The zero-order valence-electron chi connectivity index (χ0n) is 17.0. The molecule has 0 atom stereocenters. The van der Waals surface area contributed by atoms with Gasteiger partial charge in [0.15, 0.2) is 0 Å². The Balaban J connectivity index is 1.51. The van der Waals surface area contributed by atoms with Gasteiger partial charge in [0, 0.05) is 47.0 Å². The smallest absolute Gasteiger partial charge is 0.258 e. The van der Waals surface area contributed by atoms with Crippen molar-refractivity contribution in [3.8, 4) is 0 Å². The molecule has 160 valence electrons. The molecule has 4 rings (SSSR count). The van der Waals surface area contributed by atoms with Crippen molar-refractivity contribution in [1.82, 2.24) is 4.90 Å². The number of nitrogens with zero attached hydrogens (tertiary/aromatic N) is 2. The summed E-state index contributed by atoms with van der Waals surface area (Å²) in [5.74, 6) is -0.443. The van der Waals surface area contributed by atoms with Crippen LogP contribution in [0, 0.1) is 5.82 Å². The van der Waals surface area contributed by atoms with Gasteiger partial charge in [-0.05, 0) is 73.0 Å². The first-order valence-electron chi connectivity index (χ1n) is 10.3. The minimum Gasteiger partial charge on any atom is -0.305 e. The van der Waals surface area contributed by atoms with Crippen LogP contribution in [-0.2, 0) is 6.54 Å². The van der Waals surface area contributed by atoms with E-state index in [0.29, 0.717) is 16.3 Å². The van der Waals surface area contributed by atoms with Gasteiger partial charge in [0.1, 0.15) is 5.82 Å². The molecule has 0 N–H and O–H groups in total. The molecule has 6 heteroatoms. The second-order valence-electron chi connectivity index (χ2n) is 7.80. The number of anilines is 1. The predicted octanol–water partition coefficient (Wildman–Crippen LogP) is 6.44. The van der Waals surface area contributed by atoms with E-state index < -0.39 is 0 Å². The maximum absolute atomic E-state index is 13.5. The monoisotopic (exact) mass is 456 g/mol. The van der Waals surface area contributed by atoms with Crippen molar-refractivity contribution in [2.24, 2.45) is 0 Å². The van der Waals surface area contributed by atoms with Crippen LogP contribution in [0.2, 0.25) is 10.0 Å². The summed E-state index contributed by atoms with van der Waals surface area (Å²) in [6.07, 6.45) is 1.66. The zero-order valence-corrected chi connectivity index (χ0v) is 18.5. The standard InChI is InChI=1S/C25H23Cl2FN2O/c26-20-6-4-18(5-7-20)17-29-14-12-24(13-15-29)30(23-10-8-22(28)9-11-23)25(31)19-2-1-3-21(27)16-19/h1-11,16,24H,12-15,17H2. The number of hydrogen-bond acceptors (Lipinski definition) is 2. The summed E-state index contributed by atoms with van der Waals surface area (Å²) in [5, 5.41) is 1.25. The van der Waals surface area contributed by atoms with E-state index >= 15 is 0 Å². The third-order valence-electron chi connectivity index (χ3n) is 5.64. The Bertz CT molecular complexity index is 1030. The summed E-state index contributed by atoms with van der Waals surface area (Å²) < 4.78 is 13.5. The number of likely N-dealkylation sites (tertiary alicyclic amines) is 1. The third-order valence-corrected chi connectivity index (χ3v) is 6.12. The van der Waals surface area contributed by atoms with E-state index in [-0.39, 0.29) is 17.8 Å². The lowest BCUT2D eigenvalue weighted by molar-refractivity contribution is 0.0958. The topological polar surface area (TPSA) is 23.6 Å². The third kappa shape index (κ3) is 5.45. The zero-order chi connectivity index (χ0) is 21.8. The van der Waals surface area contributed by atoms with E-state index in [2.05, 4.69) is 4.90 Å². The molecule has 0 unspecified atom stereocenters. The van der Waals surface area contributed by atoms with Crippen molar-refractivity contribution in [1.29, 1.82) is 0 Å². The van der Waals surface area contributed by atoms with Crippen molar-refractivity contribution < 1.29 is 9.18 Å². The largest absolute Gasteiger partial charge is 0.305 e. The van der Waals surface area contributed by atoms with Crippen LogP contribution in [0.4, 0.5) is 10.1 Å². The maximum atomic E-state index is 13.5. The molecular formula is C25H23Cl2FN2O.